The summed E-state index contributed by atoms with van der Waals surface area (Å²) in [5.41, 5.74) is 2.37. The zero-order chi connectivity index (χ0) is 13.7. The Kier molecular flexibility index (Phi) is 5.20. The number of aromatic nitrogens is 1. The summed E-state index contributed by atoms with van der Waals surface area (Å²) in [6, 6.07) is 4.84. The number of nitrogens with zero attached hydrogens (tertiary/aromatic N) is 2. The molecule has 0 spiro atoms. The molecule has 0 amide bonds. The first-order valence-electron chi connectivity index (χ1n) is 7.62. The van der Waals surface area contributed by atoms with Gasteiger partial charge in [0.1, 0.15) is 0 Å². The van der Waals surface area contributed by atoms with E-state index in [-0.39, 0.29) is 0 Å². The maximum atomic E-state index is 4.52. The normalized spacial score (nSPS) is 15.2. The van der Waals surface area contributed by atoms with Crippen molar-refractivity contribution in [3.63, 3.8) is 0 Å². The Labute approximate surface area is 117 Å². The van der Waals surface area contributed by atoms with Gasteiger partial charge in [-0.05, 0) is 51.2 Å². The molecule has 2 rings (SSSR count). The minimum absolute atomic E-state index is 0.592. The molecule has 0 aliphatic heterocycles. The van der Waals surface area contributed by atoms with Crippen LogP contribution in [0.25, 0.3) is 0 Å². The number of rotatable bonds is 8. The van der Waals surface area contributed by atoms with Crippen LogP contribution in [0.15, 0.2) is 18.3 Å². The fourth-order valence-electron chi connectivity index (χ4n) is 2.24. The van der Waals surface area contributed by atoms with E-state index in [1.165, 1.54) is 30.8 Å². The molecule has 0 atom stereocenters. The summed E-state index contributed by atoms with van der Waals surface area (Å²) >= 11 is 0. The Balaban J connectivity index is 1.95. The standard InChI is InChI=1S/C16H27N3/c1-4-8-17-15-7-9-18-16(10-15)12-19(13(2)3)11-14-5-6-14/h7,9-10,13-14H,4-6,8,11-12H2,1-3H3,(H,17,18). The van der Waals surface area contributed by atoms with Gasteiger partial charge in [-0.15, -0.1) is 0 Å². The number of nitrogens with one attached hydrogen (secondary N) is 1. The molecule has 1 aliphatic rings. The summed E-state index contributed by atoms with van der Waals surface area (Å²) in [6.07, 6.45) is 5.89. The van der Waals surface area contributed by atoms with E-state index in [1.807, 2.05) is 6.20 Å². The van der Waals surface area contributed by atoms with Crippen molar-refractivity contribution < 1.29 is 0 Å². The molecule has 1 aliphatic carbocycles. The lowest BCUT2D eigenvalue weighted by Crippen LogP contribution is -2.32. The molecule has 0 bridgehead atoms. The molecule has 19 heavy (non-hydrogen) atoms. The number of pyridine rings is 1. The van der Waals surface area contributed by atoms with Crippen molar-refractivity contribution in [2.45, 2.75) is 52.6 Å². The predicted molar refractivity (Wildman–Crippen MR) is 81.3 cm³/mol. The smallest absolute Gasteiger partial charge is 0.0564 e. The molecule has 3 nitrogen and oxygen atoms in total. The first-order valence-corrected chi connectivity index (χ1v) is 7.62. The molecule has 1 saturated carbocycles. The molecule has 1 aromatic heterocycles. The molecule has 0 aromatic carbocycles. The SMILES string of the molecule is CCCNc1ccnc(CN(CC2CC2)C(C)C)c1. The summed E-state index contributed by atoms with van der Waals surface area (Å²) in [5, 5.41) is 3.43. The number of hydrogen-bond donors (Lipinski definition) is 1. The van der Waals surface area contributed by atoms with Crippen LogP contribution in [-0.4, -0.2) is 29.0 Å². The molecular formula is C16H27N3. The quantitative estimate of drug-likeness (QED) is 0.776. The molecule has 3 heteroatoms. The second kappa shape index (κ2) is 6.90. The van der Waals surface area contributed by atoms with E-state index in [4.69, 9.17) is 0 Å². The van der Waals surface area contributed by atoms with Crippen LogP contribution >= 0.6 is 0 Å². The Morgan fingerprint density at radius 1 is 1.42 bits per heavy atom. The summed E-state index contributed by atoms with van der Waals surface area (Å²) < 4.78 is 0. The molecule has 1 fully saturated rings. The summed E-state index contributed by atoms with van der Waals surface area (Å²) in [5.74, 6) is 0.934. The minimum Gasteiger partial charge on any atom is -0.385 e. The van der Waals surface area contributed by atoms with Gasteiger partial charge in [0.05, 0.1) is 5.69 Å². The molecule has 1 N–H and O–H groups in total. The van der Waals surface area contributed by atoms with E-state index in [9.17, 15) is 0 Å². The van der Waals surface area contributed by atoms with Gasteiger partial charge in [-0.1, -0.05) is 6.92 Å². The third-order valence-corrected chi connectivity index (χ3v) is 3.68. The lowest BCUT2D eigenvalue weighted by molar-refractivity contribution is 0.201. The largest absolute Gasteiger partial charge is 0.385 e. The maximum Gasteiger partial charge on any atom is 0.0564 e. The highest BCUT2D eigenvalue weighted by atomic mass is 15.2. The van der Waals surface area contributed by atoms with E-state index in [2.05, 4.69) is 48.1 Å². The van der Waals surface area contributed by atoms with Crippen LogP contribution in [0.4, 0.5) is 5.69 Å². The van der Waals surface area contributed by atoms with Gasteiger partial charge in [0.2, 0.25) is 0 Å². The Hall–Kier alpha value is -1.09. The summed E-state index contributed by atoms with van der Waals surface area (Å²) in [6.45, 7) is 9.97. The zero-order valence-electron chi connectivity index (χ0n) is 12.5. The number of hydrogen-bond acceptors (Lipinski definition) is 3. The molecular weight excluding hydrogens is 234 g/mol. The third-order valence-electron chi connectivity index (χ3n) is 3.68. The van der Waals surface area contributed by atoms with Crippen LogP contribution in [0.1, 0.15) is 45.7 Å². The lowest BCUT2D eigenvalue weighted by Gasteiger charge is -2.26. The van der Waals surface area contributed by atoms with Crippen molar-refractivity contribution in [2.24, 2.45) is 5.92 Å². The first-order chi connectivity index (χ1) is 9.19. The van der Waals surface area contributed by atoms with Gasteiger partial charge in [-0.25, -0.2) is 0 Å². The predicted octanol–water partition coefficient (Wildman–Crippen LogP) is 3.52. The van der Waals surface area contributed by atoms with Crippen LogP contribution in [0.3, 0.4) is 0 Å². The van der Waals surface area contributed by atoms with Crippen LogP contribution in [0.2, 0.25) is 0 Å². The fourth-order valence-corrected chi connectivity index (χ4v) is 2.24. The second-order valence-electron chi connectivity index (χ2n) is 5.93. The zero-order valence-corrected chi connectivity index (χ0v) is 12.5. The first kappa shape index (κ1) is 14.3. The van der Waals surface area contributed by atoms with E-state index in [0.29, 0.717) is 6.04 Å². The fraction of sp³-hybridized carbons (Fsp3) is 0.688. The van der Waals surface area contributed by atoms with Crippen LogP contribution in [0, 0.1) is 5.92 Å². The summed E-state index contributed by atoms with van der Waals surface area (Å²) in [7, 11) is 0. The number of anilines is 1. The van der Waals surface area contributed by atoms with Crippen molar-refractivity contribution in [3.8, 4) is 0 Å². The third kappa shape index (κ3) is 4.83. The molecule has 1 heterocycles. The average molecular weight is 261 g/mol. The van der Waals surface area contributed by atoms with Crippen LogP contribution in [-0.2, 0) is 6.54 Å². The van der Waals surface area contributed by atoms with Crippen LogP contribution in [0.5, 0.6) is 0 Å². The maximum absolute atomic E-state index is 4.52. The lowest BCUT2D eigenvalue weighted by atomic mass is 10.2. The highest BCUT2D eigenvalue weighted by molar-refractivity contribution is 5.43. The molecule has 0 unspecified atom stereocenters. The summed E-state index contributed by atoms with van der Waals surface area (Å²) in [4.78, 5) is 7.06. The van der Waals surface area contributed by atoms with Gasteiger partial charge >= 0.3 is 0 Å². The highest BCUT2D eigenvalue weighted by Crippen LogP contribution is 2.30. The van der Waals surface area contributed by atoms with Crippen molar-refractivity contribution in [3.05, 3.63) is 24.0 Å². The Morgan fingerprint density at radius 3 is 2.84 bits per heavy atom. The highest BCUT2D eigenvalue weighted by Gasteiger charge is 2.25. The monoisotopic (exact) mass is 261 g/mol. The molecule has 106 valence electrons. The van der Waals surface area contributed by atoms with Gasteiger partial charge in [0, 0.05) is 37.6 Å². The van der Waals surface area contributed by atoms with Gasteiger partial charge < -0.3 is 5.32 Å². The van der Waals surface area contributed by atoms with Gasteiger partial charge in [0.25, 0.3) is 0 Å². The van der Waals surface area contributed by atoms with E-state index < -0.39 is 0 Å². The minimum atomic E-state index is 0.592. The van der Waals surface area contributed by atoms with Crippen molar-refractivity contribution in [1.29, 1.82) is 0 Å². The average Bonchev–Trinajstić information content (AvgIpc) is 3.20. The Bertz CT molecular complexity index is 385. The second-order valence-corrected chi connectivity index (χ2v) is 5.93. The molecule has 1 aromatic rings. The van der Waals surface area contributed by atoms with E-state index >= 15 is 0 Å². The Morgan fingerprint density at radius 2 is 2.21 bits per heavy atom. The molecule has 0 saturated heterocycles. The topological polar surface area (TPSA) is 28.2 Å². The molecule has 0 radical (unpaired) electrons. The van der Waals surface area contributed by atoms with E-state index in [0.717, 1.165) is 25.4 Å². The van der Waals surface area contributed by atoms with Gasteiger partial charge in [-0.3, -0.25) is 9.88 Å². The van der Waals surface area contributed by atoms with Crippen molar-refractivity contribution in [2.75, 3.05) is 18.4 Å². The van der Waals surface area contributed by atoms with E-state index in [1.54, 1.807) is 0 Å². The van der Waals surface area contributed by atoms with Gasteiger partial charge in [0.15, 0.2) is 0 Å². The van der Waals surface area contributed by atoms with Crippen molar-refractivity contribution in [1.82, 2.24) is 9.88 Å². The van der Waals surface area contributed by atoms with Crippen molar-refractivity contribution >= 4 is 5.69 Å². The van der Waals surface area contributed by atoms with Crippen LogP contribution < -0.4 is 5.32 Å². The van der Waals surface area contributed by atoms with Gasteiger partial charge in [-0.2, -0.15) is 0 Å².